The Morgan fingerprint density at radius 3 is 2.52 bits per heavy atom. The maximum absolute atomic E-state index is 11.6. The Morgan fingerprint density at radius 2 is 2.00 bits per heavy atom. The number of methoxy groups -OCH3 is 2. The average Bonchev–Trinajstić information content (AvgIpc) is 2.49. The first-order valence-electron chi connectivity index (χ1n) is 6.18. The first kappa shape index (κ1) is 17.0. The van der Waals surface area contributed by atoms with Crippen molar-refractivity contribution in [2.45, 2.75) is 12.8 Å². The maximum atomic E-state index is 11.6. The molecule has 0 radical (unpaired) electrons. The molecule has 116 valence electrons. The van der Waals surface area contributed by atoms with Crippen molar-refractivity contribution in [3.8, 4) is 11.5 Å². The number of hydrogen-bond acceptors (Lipinski definition) is 6. The zero-order valence-corrected chi connectivity index (χ0v) is 12.5. The van der Waals surface area contributed by atoms with E-state index in [1.54, 1.807) is 0 Å². The van der Waals surface area contributed by atoms with Crippen LogP contribution in [0.1, 0.15) is 23.2 Å². The minimum absolute atomic E-state index is 0.188. The van der Waals surface area contributed by atoms with Gasteiger partial charge in [0.05, 0.1) is 31.8 Å². The molecule has 8 heteroatoms. The van der Waals surface area contributed by atoms with Crippen LogP contribution in [0.4, 0.5) is 5.69 Å². The summed E-state index contributed by atoms with van der Waals surface area (Å²) >= 11 is 5.56. The van der Waals surface area contributed by atoms with E-state index < -0.39 is 16.6 Å². The van der Waals surface area contributed by atoms with Gasteiger partial charge < -0.3 is 14.2 Å². The molecule has 0 N–H and O–H groups in total. The number of hydrogen-bond donors (Lipinski definition) is 0. The van der Waals surface area contributed by atoms with Gasteiger partial charge in [-0.2, -0.15) is 0 Å². The summed E-state index contributed by atoms with van der Waals surface area (Å²) < 4.78 is 15.1. The molecule has 21 heavy (non-hydrogen) atoms. The molecule has 0 amide bonds. The minimum atomic E-state index is -0.811. The second-order valence-corrected chi connectivity index (χ2v) is 4.39. The topological polar surface area (TPSA) is 87.9 Å². The summed E-state index contributed by atoms with van der Waals surface area (Å²) in [5.74, 6) is 0.133. The number of unbranched alkanes of at least 4 members (excludes halogenated alkanes) is 1. The highest BCUT2D eigenvalue weighted by atomic mass is 35.5. The predicted molar refractivity (Wildman–Crippen MR) is 76.4 cm³/mol. The van der Waals surface area contributed by atoms with E-state index in [0.717, 1.165) is 19.6 Å². The van der Waals surface area contributed by atoms with Crippen LogP contribution in [0, 0.1) is 10.1 Å². The molecule has 0 aromatic heterocycles. The molecule has 0 atom stereocenters. The quantitative estimate of drug-likeness (QED) is 0.241. The van der Waals surface area contributed by atoms with E-state index >= 15 is 0 Å². The summed E-state index contributed by atoms with van der Waals surface area (Å²) in [5.41, 5.74) is -0.581. The maximum Gasteiger partial charge on any atom is 0.345 e. The van der Waals surface area contributed by atoms with Gasteiger partial charge in [-0.05, 0) is 12.8 Å². The second-order valence-electron chi connectivity index (χ2n) is 4.01. The summed E-state index contributed by atoms with van der Waals surface area (Å²) in [7, 11) is 2.53. The lowest BCUT2D eigenvalue weighted by Gasteiger charge is -2.12. The fourth-order valence-electron chi connectivity index (χ4n) is 1.62. The van der Waals surface area contributed by atoms with Crippen LogP contribution >= 0.6 is 11.6 Å². The zero-order valence-electron chi connectivity index (χ0n) is 11.8. The molecule has 1 rings (SSSR count). The van der Waals surface area contributed by atoms with Gasteiger partial charge in [0.1, 0.15) is 5.56 Å². The number of rotatable bonds is 8. The number of esters is 1. The van der Waals surface area contributed by atoms with Crippen LogP contribution in [-0.4, -0.2) is 37.6 Å². The van der Waals surface area contributed by atoms with Crippen molar-refractivity contribution in [3.05, 3.63) is 27.8 Å². The van der Waals surface area contributed by atoms with E-state index in [0.29, 0.717) is 18.9 Å². The molecule has 0 saturated heterocycles. The summed E-state index contributed by atoms with van der Waals surface area (Å²) in [6, 6.07) is 2.40. The molecular weight excluding hydrogens is 302 g/mol. The van der Waals surface area contributed by atoms with Gasteiger partial charge in [0.15, 0.2) is 11.5 Å². The third kappa shape index (κ3) is 4.49. The smallest absolute Gasteiger partial charge is 0.345 e. The molecule has 0 heterocycles. The van der Waals surface area contributed by atoms with Gasteiger partial charge in [-0.15, -0.1) is 11.6 Å². The van der Waals surface area contributed by atoms with Crippen LogP contribution in [0.2, 0.25) is 0 Å². The Morgan fingerprint density at radius 1 is 1.29 bits per heavy atom. The zero-order chi connectivity index (χ0) is 15.8. The lowest BCUT2D eigenvalue weighted by molar-refractivity contribution is -0.385. The Bertz CT molecular complexity index is 520. The minimum Gasteiger partial charge on any atom is -0.493 e. The molecular formula is C13H16ClNO6. The molecule has 0 saturated carbocycles. The number of nitrogens with zero attached hydrogens (tertiary/aromatic N) is 1. The van der Waals surface area contributed by atoms with Crippen LogP contribution < -0.4 is 9.47 Å². The number of alkyl halides is 1. The fourth-order valence-corrected chi connectivity index (χ4v) is 1.81. The molecule has 7 nitrogen and oxygen atoms in total. The highest BCUT2D eigenvalue weighted by Gasteiger charge is 2.25. The number of halogens is 1. The van der Waals surface area contributed by atoms with E-state index in [9.17, 15) is 14.9 Å². The number of benzene rings is 1. The molecule has 0 bridgehead atoms. The van der Waals surface area contributed by atoms with Gasteiger partial charge in [-0.3, -0.25) is 10.1 Å². The van der Waals surface area contributed by atoms with Gasteiger partial charge in [0.25, 0.3) is 5.69 Å². The lowest BCUT2D eigenvalue weighted by Crippen LogP contribution is -2.08. The van der Waals surface area contributed by atoms with Crippen LogP contribution in [-0.2, 0) is 4.74 Å². The van der Waals surface area contributed by atoms with E-state index in [4.69, 9.17) is 21.1 Å². The van der Waals surface area contributed by atoms with Crippen molar-refractivity contribution in [2.75, 3.05) is 26.7 Å². The van der Waals surface area contributed by atoms with E-state index in [1.165, 1.54) is 13.2 Å². The third-order valence-corrected chi connectivity index (χ3v) is 2.94. The van der Waals surface area contributed by atoms with Crippen molar-refractivity contribution in [1.29, 1.82) is 0 Å². The monoisotopic (exact) mass is 317 g/mol. The molecule has 0 spiro atoms. The van der Waals surface area contributed by atoms with Crippen molar-refractivity contribution in [1.82, 2.24) is 0 Å². The standard InChI is InChI=1S/C13H16ClNO6/c1-19-11-7-9(13(16)20-2)10(15(17)18)8-12(11)21-6-4-3-5-14/h7-8H,3-6H2,1-2H3. The van der Waals surface area contributed by atoms with Crippen LogP contribution in [0.15, 0.2) is 12.1 Å². The largest absolute Gasteiger partial charge is 0.493 e. The van der Waals surface area contributed by atoms with Gasteiger partial charge in [-0.1, -0.05) is 0 Å². The number of carbonyl (C=O) groups excluding carboxylic acids is 1. The first-order chi connectivity index (χ1) is 10.0. The normalized spacial score (nSPS) is 10.0. The molecule has 1 aromatic rings. The van der Waals surface area contributed by atoms with Gasteiger partial charge in [-0.25, -0.2) is 4.79 Å². The van der Waals surface area contributed by atoms with E-state index in [2.05, 4.69) is 4.74 Å². The highest BCUT2D eigenvalue weighted by Crippen LogP contribution is 2.35. The second kappa shape index (κ2) is 8.31. The number of nitro benzene ring substituents is 1. The van der Waals surface area contributed by atoms with Crippen LogP contribution in [0.5, 0.6) is 11.5 Å². The van der Waals surface area contributed by atoms with Gasteiger partial charge in [0, 0.05) is 11.9 Å². The van der Waals surface area contributed by atoms with Crippen LogP contribution in [0.3, 0.4) is 0 Å². The molecule has 0 unspecified atom stereocenters. The summed E-state index contributed by atoms with van der Waals surface area (Å²) in [6.45, 7) is 0.345. The van der Waals surface area contributed by atoms with Crippen LogP contribution in [0.25, 0.3) is 0 Å². The van der Waals surface area contributed by atoms with Crippen molar-refractivity contribution in [3.63, 3.8) is 0 Å². The SMILES string of the molecule is COC(=O)c1cc(OC)c(OCCCCCl)cc1[N+](=O)[O-]. The van der Waals surface area contributed by atoms with Gasteiger partial charge in [0.2, 0.25) is 0 Å². The lowest BCUT2D eigenvalue weighted by atomic mass is 10.1. The highest BCUT2D eigenvalue weighted by molar-refractivity contribution is 6.17. The Hall–Kier alpha value is -2.02. The molecule has 0 aliphatic carbocycles. The Labute approximate surface area is 126 Å². The number of carbonyl (C=O) groups is 1. The fraction of sp³-hybridized carbons (Fsp3) is 0.462. The van der Waals surface area contributed by atoms with Gasteiger partial charge >= 0.3 is 5.97 Å². The Balaban J connectivity index is 3.10. The van der Waals surface area contributed by atoms with E-state index in [1.807, 2.05) is 0 Å². The summed E-state index contributed by atoms with van der Waals surface area (Å²) in [6.07, 6.45) is 1.48. The van der Waals surface area contributed by atoms with E-state index in [-0.39, 0.29) is 17.1 Å². The average molecular weight is 318 g/mol. The predicted octanol–water partition coefficient (Wildman–Crippen LogP) is 2.79. The van der Waals surface area contributed by atoms with Crippen molar-refractivity contribution < 1.29 is 23.9 Å². The third-order valence-electron chi connectivity index (χ3n) is 2.67. The number of nitro groups is 1. The molecule has 1 aromatic carbocycles. The summed E-state index contributed by atoms with van der Waals surface area (Å²) in [5, 5.41) is 11.1. The number of ether oxygens (including phenoxy) is 3. The summed E-state index contributed by atoms with van der Waals surface area (Å²) in [4.78, 5) is 22.0. The molecule has 0 fully saturated rings. The first-order valence-corrected chi connectivity index (χ1v) is 6.72. The van der Waals surface area contributed by atoms with Crippen molar-refractivity contribution in [2.24, 2.45) is 0 Å². The Kier molecular flexibility index (Phi) is 6.74. The van der Waals surface area contributed by atoms with Crippen molar-refractivity contribution >= 4 is 23.3 Å². The molecule has 0 aliphatic rings. The molecule has 0 aliphatic heterocycles.